The van der Waals surface area contributed by atoms with Gasteiger partial charge in [-0.2, -0.15) is 0 Å². The Bertz CT molecular complexity index is 1940. The summed E-state index contributed by atoms with van der Waals surface area (Å²) >= 11 is 0. The highest BCUT2D eigenvalue weighted by Crippen LogP contribution is 2.49. The molecule has 0 fully saturated rings. The Morgan fingerprint density at radius 1 is 0.644 bits per heavy atom. The fourth-order valence-corrected chi connectivity index (χ4v) is 8.72. The topological polar surface area (TPSA) is 185 Å². The Kier molecular flexibility index (Phi) is 20.7. The molecule has 0 spiro atoms. The Hall–Kier alpha value is -3.45. The van der Waals surface area contributed by atoms with Crippen LogP contribution in [0.2, 0.25) is 0 Å². The molecule has 2 unspecified atom stereocenters. The fourth-order valence-electron chi connectivity index (χ4n) is 6.65. The van der Waals surface area contributed by atoms with Gasteiger partial charge in [0.2, 0.25) is 20.0 Å². The Labute approximate surface area is 350 Å². The molecular weight excluding hydrogens is 801 g/mol. The van der Waals surface area contributed by atoms with E-state index < -0.39 is 38.2 Å². The van der Waals surface area contributed by atoms with Gasteiger partial charge in [-0.15, -0.1) is 0 Å². The number of sulfonamides is 2. The van der Waals surface area contributed by atoms with E-state index in [1.807, 2.05) is 44.2 Å². The number of methoxy groups -OCH3 is 1. The van der Waals surface area contributed by atoms with E-state index in [1.165, 1.54) is 0 Å². The first-order valence-electron chi connectivity index (χ1n) is 20.4. The quantitative estimate of drug-likeness (QED) is 0.0625. The Balaban J connectivity index is 1.51. The zero-order chi connectivity index (χ0) is 42.5. The van der Waals surface area contributed by atoms with Crippen LogP contribution in [0.25, 0.3) is 22.3 Å². The molecule has 14 nitrogen and oxygen atoms in total. The predicted molar refractivity (Wildman–Crippen MR) is 228 cm³/mol. The number of carbonyl (C=O) groups is 1. The number of aliphatic carboxylic acids is 1. The molecule has 3 aromatic carbocycles. The minimum Gasteiger partial charge on any atom is -0.494 e. The standard InChI is InChI=1S/C43H62N2O12S2/c1-4-21-53-25-19-44-58(48,49)29-8-23-56-42-39-31-33(2)11-17-37(39)38-18-14-35(34-12-15-36(16-13-34)55-22-7-5-6-10-41(46)47)32-40(38)43(42)57-24-9-30-59(50,51)45-20-26-54-28-27-52-3/h11-18,31-32,42-45H,4-10,19-30H2,1-3H3,(H,46,47). The molecule has 0 bridgehead atoms. The van der Waals surface area contributed by atoms with Crippen LogP contribution < -0.4 is 14.2 Å². The van der Waals surface area contributed by atoms with Crippen molar-refractivity contribution in [1.29, 1.82) is 0 Å². The lowest BCUT2D eigenvalue weighted by molar-refractivity contribution is -0.137. The zero-order valence-corrected chi connectivity index (χ0v) is 36.3. The summed E-state index contributed by atoms with van der Waals surface area (Å²) in [6, 6.07) is 20.2. The number of carboxylic acids is 1. The van der Waals surface area contributed by atoms with E-state index in [9.17, 15) is 21.6 Å². The number of hydrogen-bond donors (Lipinski definition) is 3. The van der Waals surface area contributed by atoms with Crippen molar-refractivity contribution >= 4 is 26.0 Å². The van der Waals surface area contributed by atoms with Gasteiger partial charge in [0.1, 0.15) is 18.0 Å². The first-order chi connectivity index (χ1) is 28.4. The summed E-state index contributed by atoms with van der Waals surface area (Å²) in [4.78, 5) is 10.8. The second-order valence-corrected chi connectivity index (χ2v) is 18.3. The molecule has 0 radical (unpaired) electrons. The number of unbranched alkanes of at least 4 members (excludes halogenated alkanes) is 2. The van der Waals surface area contributed by atoms with E-state index in [0.29, 0.717) is 45.2 Å². The van der Waals surface area contributed by atoms with Crippen LogP contribution in [0, 0.1) is 6.92 Å². The molecule has 1 aliphatic rings. The lowest BCUT2D eigenvalue weighted by Gasteiger charge is -2.36. The summed E-state index contributed by atoms with van der Waals surface area (Å²) in [5.74, 6) is -0.334. The van der Waals surface area contributed by atoms with Gasteiger partial charge >= 0.3 is 5.97 Å². The van der Waals surface area contributed by atoms with Crippen LogP contribution >= 0.6 is 0 Å². The second kappa shape index (κ2) is 25.4. The molecular formula is C43H62N2O12S2. The number of rotatable bonds is 31. The van der Waals surface area contributed by atoms with Crippen LogP contribution in [-0.4, -0.2) is 112 Å². The lowest BCUT2D eigenvalue weighted by Crippen LogP contribution is -2.31. The van der Waals surface area contributed by atoms with Crippen LogP contribution in [0.15, 0.2) is 60.7 Å². The van der Waals surface area contributed by atoms with Crippen molar-refractivity contribution in [3.63, 3.8) is 0 Å². The van der Waals surface area contributed by atoms with Crippen molar-refractivity contribution in [2.75, 3.05) is 84.6 Å². The minimum atomic E-state index is -3.58. The van der Waals surface area contributed by atoms with Gasteiger partial charge in [-0.25, -0.2) is 26.3 Å². The molecule has 0 heterocycles. The summed E-state index contributed by atoms with van der Waals surface area (Å²) in [7, 11) is -5.56. The molecule has 0 aliphatic heterocycles. The normalized spacial score (nSPS) is 15.2. The third-order valence-corrected chi connectivity index (χ3v) is 12.5. The molecule has 2 atom stereocenters. The highest BCUT2D eigenvalue weighted by molar-refractivity contribution is 7.89. The van der Waals surface area contributed by atoms with Gasteiger partial charge in [0.15, 0.2) is 0 Å². The molecule has 4 rings (SSSR count). The maximum absolute atomic E-state index is 12.8. The molecule has 16 heteroatoms. The van der Waals surface area contributed by atoms with Gasteiger partial charge in [0.05, 0.1) is 44.5 Å². The van der Waals surface area contributed by atoms with Gasteiger partial charge in [-0.05, 0) is 97.0 Å². The van der Waals surface area contributed by atoms with E-state index in [2.05, 4.69) is 39.8 Å². The van der Waals surface area contributed by atoms with Crippen LogP contribution in [0.1, 0.15) is 80.8 Å². The van der Waals surface area contributed by atoms with Gasteiger partial charge in [-0.3, -0.25) is 4.79 Å². The first-order valence-corrected chi connectivity index (χ1v) is 23.8. The van der Waals surface area contributed by atoms with E-state index in [-0.39, 0.29) is 63.7 Å². The summed E-state index contributed by atoms with van der Waals surface area (Å²) in [6.07, 6.45) is 2.42. The molecule has 1 aliphatic carbocycles. The largest absolute Gasteiger partial charge is 0.494 e. The predicted octanol–water partition coefficient (Wildman–Crippen LogP) is 6.19. The molecule has 59 heavy (non-hydrogen) atoms. The van der Waals surface area contributed by atoms with Crippen molar-refractivity contribution in [1.82, 2.24) is 9.44 Å². The van der Waals surface area contributed by atoms with Gasteiger partial charge in [-0.1, -0.05) is 55.0 Å². The highest BCUT2D eigenvalue weighted by Gasteiger charge is 2.36. The number of ether oxygens (including phenoxy) is 6. The molecule has 0 aromatic heterocycles. The molecule has 328 valence electrons. The van der Waals surface area contributed by atoms with E-state index in [4.69, 9.17) is 33.5 Å². The van der Waals surface area contributed by atoms with Gasteiger partial charge in [0, 0.05) is 46.4 Å². The van der Waals surface area contributed by atoms with Crippen molar-refractivity contribution in [3.05, 3.63) is 77.4 Å². The fraction of sp³-hybridized carbons (Fsp3) is 0.558. The van der Waals surface area contributed by atoms with Crippen molar-refractivity contribution < 1.29 is 55.2 Å². The SMILES string of the molecule is CCCOCCNS(=O)(=O)CCCOC1c2cc(C)ccc2-c2ccc(-c3ccc(OCCCCCC(=O)O)cc3)cc2C1OCCCS(=O)(=O)NCCOCCOC. The van der Waals surface area contributed by atoms with E-state index >= 15 is 0 Å². The second-order valence-electron chi connectivity index (χ2n) is 14.4. The number of carboxylic acid groups (broad SMARTS) is 1. The van der Waals surface area contributed by atoms with Gasteiger partial charge in [0.25, 0.3) is 0 Å². The Morgan fingerprint density at radius 2 is 1.22 bits per heavy atom. The van der Waals surface area contributed by atoms with E-state index in [0.717, 1.165) is 58.2 Å². The molecule has 0 saturated heterocycles. The van der Waals surface area contributed by atoms with Crippen molar-refractivity contribution in [2.24, 2.45) is 0 Å². The van der Waals surface area contributed by atoms with Crippen molar-refractivity contribution in [2.45, 2.75) is 71.0 Å². The highest BCUT2D eigenvalue weighted by atomic mass is 32.2. The Morgan fingerprint density at radius 3 is 1.81 bits per heavy atom. The molecule has 0 amide bonds. The number of hydrogen-bond acceptors (Lipinski definition) is 11. The number of benzene rings is 3. The summed E-state index contributed by atoms with van der Waals surface area (Å²) < 4.78 is 91.0. The molecule has 3 aromatic rings. The number of fused-ring (bicyclic) bond motifs is 3. The van der Waals surface area contributed by atoms with Crippen LogP contribution in [0.5, 0.6) is 5.75 Å². The average molecular weight is 863 g/mol. The molecule has 3 N–H and O–H groups in total. The van der Waals surface area contributed by atoms with E-state index in [1.54, 1.807) is 7.11 Å². The summed E-state index contributed by atoms with van der Waals surface area (Å²) in [6.45, 7) is 7.02. The minimum absolute atomic E-state index is 0.118. The van der Waals surface area contributed by atoms with Crippen LogP contribution in [-0.2, 0) is 48.5 Å². The molecule has 0 saturated carbocycles. The number of aryl methyl sites for hydroxylation is 1. The third kappa shape index (κ3) is 16.9. The third-order valence-electron chi connectivity index (χ3n) is 9.55. The summed E-state index contributed by atoms with van der Waals surface area (Å²) in [5, 5.41) is 8.85. The lowest BCUT2D eigenvalue weighted by atomic mass is 9.80. The zero-order valence-electron chi connectivity index (χ0n) is 34.6. The van der Waals surface area contributed by atoms with Crippen LogP contribution in [0.3, 0.4) is 0 Å². The monoisotopic (exact) mass is 862 g/mol. The first kappa shape index (κ1) is 48.2. The number of nitrogens with one attached hydrogen (secondary N) is 2. The van der Waals surface area contributed by atoms with Gasteiger partial charge < -0.3 is 33.5 Å². The maximum Gasteiger partial charge on any atom is 0.303 e. The maximum atomic E-state index is 12.8. The average Bonchev–Trinajstić information content (AvgIpc) is 3.21. The van der Waals surface area contributed by atoms with Crippen molar-refractivity contribution in [3.8, 4) is 28.0 Å². The smallest absolute Gasteiger partial charge is 0.303 e. The summed E-state index contributed by atoms with van der Waals surface area (Å²) in [5.41, 5.74) is 6.66. The van der Waals surface area contributed by atoms with Crippen LogP contribution in [0.4, 0.5) is 0 Å².